The van der Waals surface area contributed by atoms with E-state index in [4.69, 9.17) is 4.74 Å². The van der Waals surface area contributed by atoms with Crippen molar-refractivity contribution < 1.29 is 17.9 Å². The Labute approximate surface area is 147 Å². The Morgan fingerprint density at radius 3 is 2.16 bits per heavy atom. The molecule has 0 bridgehead atoms. The van der Waals surface area contributed by atoms with Gasteiger partial charge in [0.15, 0.2) is 15.3 Å². The number of esters is 1. The van der Waals surface area contributed by atoms with Crippen molar-refractivity contribution in [3.05, 3.63) is 66.2 Å². The summed E-state index contributed by atoms with van der Waals surface area (Å²) in [6, 6.07) is 18.4. The lowest BCUT2D eigenvalue weighted by Crippen LogP contribution is -2.38. The van der Waals surface area contributed by atoms with E-state index >= 15 is 0 Å². The van der Waals surface area contributed by atoms with Crippen molar-refractivity contribution in [3.8, 4) is 6.07 Å². The molecule has 130 valence electrons. The molecule has 0 aromatic heterocycles. The van der Waals surface area contributed by atoms with Gasteiger partial charge in [0.25, 0.3) is 0 Å². The van der Waals surface area contributed by atoms with Gasteiger partial charge in [-0.15, -0.1) is 0 Å². The fourth-order valence-electron chi connectivity index (χ4n) is 2.54. The Morgan fingerprint density at radius 2 is 1.64 bits per heavy atom. The molecule has 0 unspecified atom stereocenters. The van der Waals surface area contributed by atoms with Gasteiger partial charge in [-0.3, -0.25) is 0 Å². The molecule has 0 radical (unpaired) electrons. The summed E-state index contributed by atoms with van der Waals surface area (Å²) in [7, 11) is -3.62. The first-order chi connectivity index (χ1) is 12.0. The highest BCUT2D eigenvalue weighted by Crippen LogP contribution is 2.31. The topological polar surface area (TPSA) is 84.2 Å². The molecule has 2 aromatic rings. The normalized spacial score (nSPS) is 13.4. The smallest absolute Gasteiger partial charge is 0.331 e. The van der Waals surface area contributed by atoms with E-state index in [1.807, 2.05) is 6.07 Å². The lowest BCUT2D eigenvalue weighted by Gasteiger charge is -2.24. The largest absolute Gasteiger partial charge is 0.465 e. The first-order valence-electron chi connectivity index (χ1n) is 7.88. The van der Waals surface area contributed by atoms with E-state index in [2.05, 4.69) is 0 Å². The average Bonchev–Trinajstić information content (AvgIpc) is 2.64. The van der Waals surface area contributed by atoms with E-state index in [-0.39, 0.29) is 23.7 Å². The molecule has 5 nitrogen and oxygen atoms in total. The highest BCUT2D eigenvalue weighted by atomic mass is 32.2. The van der Waals surface area contributed by atoms with Crippen LogP contribution in [0.4, 0.5) is 0 Å². The second-order valence-electron chi connectivity index (χ2n) is 5.49. The SMILES string of the molecule is CCOC(=O)[C@@](C#N)(CCS(=O)(=O)c1ccccc1)c1ccccc1. The standard InChI is InChI=1S/C19H19NO4S/c1-2-24-18(21)19(15-20,16-9-5-3-6-10-16)13-14-25(22,23)17-11-7-4-8-12-17/h3-12H,2,13-14H2,1H3/t19-/m1/s1. The van der Waals surface area contributed by atoms with E-state index in [9.17, 15) is 18.5 Å². The summed E-state index contributed by atoms with van der Waals surface area (Å²) in [6.07, 6.45) is -0.177. The molecule has 0 aliphatic carbocycles. The predicted octanol–water partition coefficient (Wildman–Crippen LogP) is 2.88. The van der Waals surface area contributed by atoms with Gasteiger partial charge in [-0.25, -0.2) is 13.2 Å². The Bertz CT molecular complexity index is 857. The van der Waals surface area contributed by atoms with E-state index in [1.165, 1.54) is 12.1 Å². The number of hydrogen-bond acceptors (Lipinski definition) is 5. The lowest BCUT2D eigenvalue weighted by molar-refractivity contribution is -0.147. The minimum absolute atomic E-state index is 0.112. The molecule has 2 rings (SSSR count). The van der Waals surface area contributed by atoms with Crippen molar-refractivity contribution in [2.45, 2.75) is 23.7 Å². The number of nitriles is 1. The van der Waals surface area contributed by atoms with Gasteiger partial charge in [0.05, 0.1) is 23.3 Å². The van der Waals surface area contributed by atoms with Crippen LogP contribution in [0.25, 0.3) is 0 Å². The number of carbonyl (C=O) groups is 1. The van der Waals surface area contributed by atoms with Crippen LogP contribution in [0, 0.1) is 11.3 Å². The number of rotatable bonds is 7. The van der Waals surface area contributed by atoms with Crippen LogP contribution in [0.5, 0.6) is 0 Å². The minimum atomic E-state index is -3.62. The van der Waals surface area contributed by atoms with E-state index in [0.29, 0.717) is 5.56 Å². The molecule has 0 saturated carbocycles. The Hall–Kier alpha value is -2.65. The zero-order valence-electron chi connectivity index (χ0n) is 13.9. The van der Waals surface area contributed by atoms with Gasteiger partial charge in [-0.2, -0.15) is 5.26 Å². The van der Waals surface area contributed by atoms with Gasteiger partial charge in [-0.05, 0) is 31.0 Å². The third-order valence-electron chi connectivity index (χ3n) is 3.93. The van der Waals surface area contributed by atoms with Gasteiger partial charge in [0.2, 0.25) is 0 Å². The van der Waals surface area contributed by atoms with Crippen molar-refractivity contribution in [2.24, 2.45) is 0 Å². The second kappa shape index (κ2) is 7.95. The van der Waals surface area contributed by atoms with Crippen LogP contribution >= 0.6 is 0 Å². The fourth-order valence-corrected chi connectivity index (χ4v) is 3.92. The number of ether oxygens (including phenoxy) is 1. The highest BCUT2D eigenvalue weighted by Gasteiger charge is 2.43. The van der Waals surface area contributed by atoms with Gasteiger partial charge >= 0.3 is 5.97 Å². The molecule has 6 heteroatoms. The summed E-state index contributed by atoms with van der Waals surface area (Å²) in [6.45, 7) is 1.76. The van der Waals surface area contributed by atoms with Gasteiger partial charge < -0.3 is 4.74 Å². The summed E-state index contributed by atoms with van der Waals surface area (Å²) >= 11 is 0. The Morgan fingerprint density at radius 1 is 1.08 bits per heavy atom. The number of nitrogens with zero attached hydrogens (tertiary/aromatic N) is 1. The molecular weight excluding hydrogens is 338 g/mol. The van der Waals surface area contributed by atoms with Gasteiger partial charge in [0, 0.05) is 0 Å². The predicted molar refractivity (Wildman–Crippen MR) is 93.5 cm³/mol. The molecule has 0 fully saturated rings. The summed E-state index contributed by atoms with van der Waals surface area (Å²) in [5, 5.41) is 9.75. The fraction of sp³-hybridized carbons (Fsp3) is 0.263. The summed E-state index contributed by atoms with van der Waals surface area (Å²) in [4.78, 5) is 12.7. The maximum absolute atomic E-state index is 12.5. The van der Waals surface area contributed by atoms with Crippen molar-refractivity contribution >= 4 is 15.8 Å². The zero-order chi connectivity index (χ0) is 18.3. The van der Waals surface area contributed by atoms with E-state index in [1.54, 1.807) is 55.5 Å². The molecule has 0 heterocycles. The van der Waals surface area contributed by atoms with Crippen molar-refractivity contribution in [1.29, 1.82) is 5.26 Å². The maximum atomic E-state index is 12.5. The quantitative estimate of drug-likeness (QED) is 0.712. The molecule has 0 aliphatic rings. The Kier molecular flexibility index (Phi) is 5.94. The van der Waals surface area contributed by atoms with Gasteiger partial charge in [-0.1, -0.05) is 48.5 Å². The van der Waals surface area contributed by atoms with Crippen molar-refractivity contribution in [3.63, 3.8) is 0 Å². The average molecular weight is 357 g/mol. The molecule has 0 saturated heterocycles. The molecule has 0 aliphatic heterocycles. The number of sulfone groups is 1. The molecule has 0 N–H and O–H groups in total. The number of benzene rings is 2. The molecule has 0 spiro atoms. The summed E-state index contributed by atoms with van der Waals surface area (Å²) in [5.41, 5.74) is -1.22. The molecule has 0 amide bonds. The first-order valence-corrected chi connectivity index (χ1v) is 9.53. The third-order valence-corrected chi connectivity index (χ3v) is 5.66. The van der Waals surface area contributed by atoms with Crippen molar-refractivity contribution in [1.82, 2.24) is 0 Å². The van der Waals surface area contributed by atoms with Crippen molar-refractivity contribution in [2.75, 3.05) is 12.4 Å². The van der Waals surface area contributed by atoms with Crippen LogP contribution in [0.2, 0.25) is 0 Å². The molecule has 25 heavy (non-hydrogen) atoms. The molecule has 1 atom stereocenters. The molecule has 2 aromatic carbocycles. The van der Waals surface area contributed by atoms with Crippen LogP contribution in [0.3, 0.4) is 0 Å². The monoisotopic (exact) mass is 357 g/mol. The van der Waals surface area contributed by atoms with Crippen LogP contribution in [-0.2, 0) is 24.8 Å². The number of carbonyl (C=O) groups excluding carboxylic acids is 1. The first kappa shape index (κ1) is 18.7. The third kappa shape index (κ3) is 4.06. The van der Waals surface area contributed by atoms with Crippen LogP contribution in [-0.4, -0.2) is 26.7 Å². The van der Waals surface area contributed by atoms with Crippen LogP contribution in [0.15, 0.2) is 65.6 Å². The van der Waals surface area contributed by atoms with Crippen LogP contribution < -0.4 is 0 Å². The molecular formula is C19H19NO4S. The van der Waals surface area contributed by atoms with E-state index < -0.39 is 21.2 Å². The highest BCUT2D eigenvalue weighted by molar-refractivity contribution is 7.91. The van der Waals surface area contributed by atoms with Crippen LogP contribution in [0.1, 0.15) is 18.9 Å². The second-order valence-corrected chi connectivity index (χ2v) is 7.59. The van der Waals surface area contributed by atoms with Gasteiger partial charge in [0.1, 0.15) is 0 Å². The number of hydrogen-bond donors (Lipinski definition) is 0. The Balaban J connectivity index is 2.38. The summed E-state index contributed by atoms with van der Waals surface area (Å²) in [5.74, 6) is -1.06. The zero-order valence-corrected chi connectivity index (χ0v) is 14.7. The maximum Gasteiger partial charge on any atom is 0.331 e. The van der Waals surface area contributed by atoms with E-state index in [0.717, 1.165) is 0 Å². The lowest BCUT2D eigenvalue weighted by atomic mass is 9.79. The minimum Gasteiger partial charge on any atom is -0.465 e. The summed E-state index contributed by atoms with van der Waals surface area (Å²) < 4.78 is 30.2.